The van der Waals surface area contributed by atoms with E-state index in [-0.39, 0.29) is 72.6 Å². The molecule has 4 bridgehead atoms. The Balaban J connectivity index is 1.65. The summed E-state index contributed by atoms with van der Waals surface area (Å²) in [5, 5.41) is 25.7. The average Bonchev–Trinajstić information content (AvgIpc) is 3.36. The monoisotopic (exact) mass is 1130 g/mol. The Hall–Kier alpha value is -7.15. The first-order valence-electron chi connectivity index (χ1n) is 26.8. The molecule has 0 saturated carbocycles. The van der Waals surface area contributed by atoms with Gasteiger partial charge < -0.3 is 49.4 Å². The molecular weight excluding hydrogens is 1050 g/mol. The molecule has 0 saturated heterocycles. The van der Waals surface area contributed by atoms with Crippen molar-refractivity contribution in [3.63, 3.8) is 0 Å². The number of aliphatic hydroxyl groups is 2. The number of alkyl carbamates (subject to hydrolysis) is 1. The van der Waals surface area contributed by atoms with Crippen molar-refractivity contribution in [3.05, 3.63) is 107 Å². The lowest BCUT2D eigenvalue weighted by Gasteiger charge is -2.32. The van der Waals surface area contributed by atoms with Gasteiger partial charge >= 0.3 is 18.4 Å². The zero-order chi connectivity index (χ0) is 59.3. The van der Waals surface area contributed by atoms with Crippen LogP contribution >= 0.6 is 11.6 Å². The van der Waals surface area contributed by atoms with Gasteiger partial charge in [-0.05, 0) is 147 Å². The first-order valence-corrected chi connectivity index (χ1v) is 27.1. The van der Waals surface area contributed by atoms with Crippen molar-refractivity contribution in [2.75, 3.05) is 20.2 Å². The van der Waals surface area contributed by atoms with Gasteiger partial charge in [-0.2, -0.15) is 0 Å². The van der Waals surface area contributed by atoms with Crippen LogP contribution in [0.5, 0.6) is 11.5 Å². The number of nitrogens with one attached hydrogen (secondary N) is 2. The number of carbonyl (C=O) groups is 8. The van der Waals surface area contributed by atoms with Crippen molar-refractivity contribution in [1.82, 2.24) is 15.5 Å². The highest BCUT2D eigenvalue weighted by Gasteiger charge is 2.37. The molecule has 18 nitrogen and oxygen atoms in total. The normalized spacial score (nSPS) is 16.6. The van der Waals surface area contributed by atoms with E-state index in [0.717, 1.165) is 11.1 Å². The third kappa shape index (κ3) is 19.6. The summed E-state index contributed by atoms with van der Waals surface area (Å²) in [6.07, 6.45) is -4.35. The number of aliphatic hydroxyl groups excluding tert-OH is 2. The number of rotatable bonds is 18. The average molecular weight is 1130 g/mol. The number of likely N-dealkylation sites (N-methyl/N-ethyl adjacent to an activating group) is 1. The van der Waals surface area contributed by atoms with E-state index >= 15 is 9.59 Å². The molecule has 432 valence electrons. The van der Waals surface area contributed by atoms with E-state index in [2.05, 4.69) is 10.6 Å². The van der Waals surface area contributed by atoms with Gasteiger partial charge in [0, 0.05) is 66.4 Å². The predicted molar refractivity (Wildman–Crippen MR) is 300 cm³/mol. The van der Waals surface area contributed by atoms with Gasteiger partial charge in [0.15, 0.2) is 17.3 Å². The van der Waals surface area contributed by atoms with E-state index in [4.69, 9.17) is 35.3 Å². The highest BCUT2D eigenvalue weighted by Crippen LogP contribution is 2.42. The van der Waals surface area contributed by atoms with E-state index in [1.165, 1.54) is 43.1 Å². The number of benzene rings is 4. The number of carbonyl (C=O) groups excluding carboxylic acids is 8. The zero-order valence-corrected chi connectivity index (χ0v) is 48.3. The molecular formula is C61H76ClN3O15. The molecule has 1 unspecified atom stereocenters. The molecule has 0 fully saturated rings. The maximum absolute atomic E-state index is 15.3. The molecule has 1 aliphatic heterocycles. The molecule has 4 aromatic rings. The Kier molecular flexibility index (Phi) is 22.1. The van der Waals surface area contributed by atoms with Crippen molar-refractivity contribution in [2.45, 2.75) is 156 Å². The fourth-order valence-electron chi connectivity index (χ4n) is 8.82. The van der Waals surface area contributed by atoms with E-state index < -0.39 is 102 Å². The van der Waals surface area contributed by atoms with E-state index in [0.29, 0.717) is 29.0 Å². The molecule has 19 heteroatoms. The molecule has 4 N–H and O–H groups in total. The number of hydrogen-bond acceptors (Lipinski definition) is 15. The second-order valence-corrected chi connectivity index (χ2v) is 23.5. The van der Waals surface area contributed by atoms with Gasteiger partial charge in [0.1, 0.15) is 34.3 Å². The molecule has 80 heavy (non-hydrogen) atoms. The van der Waals surface area contributed by atoms with Gasteiger partial charge in [-0.15, -0.1) is 0 Å². The summed E-state index contributed by atoms with van der Waals surface area (Å²) in [5.74, 6) is -5.07. The van der Waals surface area contributed by atoms with Crippen molar-refractivity contribution in [1.29, 1.82) is 0 Å². The fourth-order valence-corrected chi connectivity index (χ4v) is 8.95. The Labute approximate surface area is 473 Å². The summed E-state index contributed by atoms with van der Waals surface area (Å²) in [7, 11) is 1.42. The van der Waals surface area contributed by atoms with Crippen LogP contribution in [0.15, 0.2) is 84.9 Å². The third-order valence-electron chi connectivity index (χ3n) is 12.7. The molecule has 0 spiro atoms. The SMILES string of the molecule is C[C@@H]1CC(=O)[C@@H](N(C)C(=O)[C@H](CCCCNC(=O)OC(C)(C)C)CC(=O)c2ccc(-c3ccc(Cl)cc3)cc2)c2ccc(OC(=O)OC(C)(C)C)c(c2)-c2cc(ccc2OC(=O)OC(C)(C)C)C[C@@H](C(=O)CCC(O)CO)NC1=O. The minimum absolute atomic E-state index is 0.0711. The lowest BCUT2D eigenvalue weighted by Crippen LogP contribution is -2.46. The lowest BCUT2D eigenvalue weighted by atomic mass is 9.87. The second kappa shape index (κ2) is 27.8. The number of amides is 3. The summed E-state index contributed by atoms with van der Waals surface area (Å²) < 4.78 is 28.1. The van der Waals surface area contributed by atoms with Crippen LogP contribution in [0.4, 0.5) is 14.4 Å². The van der Waals surface area contributed by atoms with Crippen LogP contribution in [0.3, 0.4) is 0 Å². The molecule has 4 aromatic carbocycles. The number of halogens is 1. The quantitative estimate of drug-likeness (QED) is 0.0238. The number of fused-ring (bicyclic) bond motifs is 5. The summed E-state index contributed by atoms with van der Waals surface area (Å²) >= 11 is 6.12. The van der Waals surface area contributed by atoms with Gasteiger partial charge in [-0.25, -0.2) is 14.4 Å². The molecule has 0 aromatic heterocycles. The topological polar surface area (TPSA) is 250 Å². The van der Waals surface area contributed by atoms with E-state index in [1.807, 2.05) is 12.1 Å². The van der Waals surface area contributed by atoms with Crippen molar-refractivity contribution < 1.29 is 72.3 Å². The summed E-state index contributed by atoms with van der Waals surface area (Å²) in [6.45, 7) is 16.2. The Bertz CT molecular complexity index is 2870. The standard InChI is InChI=1S/C61H76ClN3O15/c1-36-30-50(70)53(65(11)55(72)42(14-12-13-29-63-56(73)78-59(2,3)4)34-49(69)40-18-16-38(17-19-40)39-20-23-43(62)24-21-39)41-22-28-52(77-58(75)80-61(8,9)10)46(33-41)45-31-37(15-27-51(45)76-57(74)79-60(5,6)7)32-47(64-54(36)71)48(68)26-25-44(67)35-66/h15-24,27-28,31,33,36,42,44,47,53,66-67H,12-14,25-26,29-30,32,34-35H2,1-11H3,(H,63,73)(H,64,71)/t36-,42-,44?,47+,53+/m1/s1. The number of unbranched alkanes of at least 4 members (excludes halogenated alkanes) is 1. The molecule has 5 atom stereocenters. The van der Waals surface area contributed by atoms with E-state index in [1.54, 1.807) is 111 Å². The van der Waals surface area contributed by atoms with Crippen molar-refractivity contribution in [2.24, 2.45) is 11.8 Å². The number of ketones is 3. The molecule has 0 aliphatic carbocycles. The van der Waals surface area contributed by atoms with Crippen LogP contribution in [-0.4, -0.2) is 112 Å². The maximum Gasteiger partial charge on any atom is 0.514 e. The van der Waals surface area contributed by atoms with Gasteiger partial charge in [0.2, 0.25) is 11.8 Å². The summed E-state index contributed by atoms with van der Waals surface area (Å²) in [6, 6.07) is 20.4. The maximum atomic E-state index is 15.3. The van der Waals surface area contributed by atoms with Crippen molar-refractivity contribution >= 4 is 59.2 Å². The summed E-state index contributed by atoms with van der Waals surface area (Å²) in [5.41, 5.74) is 0.0788. The summed E-state index contributed by atoms with van der Waals surface area (Å²) in [4.78, 5) is 113. The number of ether oxygens (including phenoxy) is 5. The van der Waals surface area contributed by atoms with Gasteiger partial charge in [-0.1, -0.05) is 73.5 Å². The smallest absolute Gasteiger partial charge is 0.444 e. The lowest BCUT2D eigenvalue weighted by molar-refractivity contribution is -0.142. The highest BCUT2D eigenvalue weighted by atomic mass is 35.5. The van der Waals surface area contributed by atoms with Crippen LogP contribution in [0.2, 0.25) is 5.02 Å². The van der Waals surface area contributed by atoms with Crippen LogP contribution in [0, 0.1) is 11.8 Å². The number of hydrogen-bond donors (Lipinski definition) is 4. The largest absolute Gasteiger partial charge is 0.514 e. The number of Topliss-reactive ketones (excluding diaryl/α,β-unsaturated/α-hetero) is 3. The van der Waals surface area contributed by atoms with Crippen LogP contribution in [0.1, 0.15) is 142 Å². The second-order valence-electron chi connectivity index (χ2n) is 23.1. The fraction of sp³-hybridized carbons (Fsp3) is 0.475. The third-order valence-corrected chi connectivity index (χ3v) is 13.0. The first kappa shape index (κ1) is 63.7. The van der Waals surface area contributed by atoms with Crippen LogP contribution < -0.4 is 20.1 Å². The Morgan fingerprint density at radius 2 is 1.27 bits per heavy atom. The Morgan fingerprint density at radius 3 is 1.84 bits per heavy atom. The van der Waals surface area contributed by atoms with Gasteiger partial charge in [-0.3, -0.25) is 24.0 Å². The molecule has 0 radical (unpaired) electrons. The van der Waals surface area contributed by atoms with Crippen LogP contribution in [-0.2, 0) is 39.8 Å². The van der Waals surface area contributed by atoms with E-state index in [9.17, 15) is 39.0 Å². The minimum Gasteiger partial charge on any atom is -0.444 e. The molecule has 5 rings (SSSR count). The Morgan fingerprint density at radius 1 is 0.725 bits per heavy atom. The zero-order valence-electron chi connectivity index (χ0n) is 47.6. The molecule has 1 aliphatic rings. The molecule has 3 amide bonds. The minimum atomic E-state index is -1.48. The first-order chi connectivity index (χ1) is 37.4. The predicted octanol–water partition coefficient (Wildman–Crippen LogP) is 10.7. The number of nitrogens with zero attached hydrogens (tertiary/aromatic N) is 1. The van der Waals surface area contributed by atoms with Gasteiger partial charge in [0.25, 0.3) is 0 Å². The van der Waals surface area contributed by atoms with Crippen molar-refractivity contribution in [3.8, 4) is 33.8 Å². The molecule has 1 heterocycles. The highest BCUT2D eigenvalue weighted by molar-refractivity contribution is 6.30. The van der Waals surface area contributed by atoms with Gasteiger partial charge in [0.05, 0.1) is 18.8 Å². The van der Waals surface area contributed by atoms with Crippen LogP contribution in [0.25, 0.3) is 22.3 Å².